The van der Waals surface area contributed by atoms with Crippen molar-refractivity contribution in [2.45, 2.75) is 13.3 Å². The van der Waals surface area contributed by atoms with Crippen molar-refractivity contribution in [3.63, 3.8) is 0 Å². The van der Waals surface area contributed by atoms with E-state index in [-0.39, 0.29) is 0 Å². The number of nitriles is 1. The predicted molar refractivity (Wildman–Crippen MR) is 48.1 cm³/mol. The number of oxazole rings is 1. The summed E-state index contributed by atoms with van der Waals surface area (Å²) in [6, 6.07) is 7.72. The van der Waals surface area contributed by atoms with Gasteiger partial charge in [0, 0.05) is 6.92 Å². The summed E-state index contributed by atoms with van der Waals surface area (Å²) in [4.78, 5) is 4.16. The Bertz CT molecular complexity index is 479. The lowest BCUT2D eigenvalue weighted by atomic mass is 10.1. The van der Waals surface area contributed by atoms with Crippen LogP contribution in [-0.2, 0) is 6.42 Å². The van der Waals surface area contributed by atoms with Crippen LogP contribution in [0.3, 0.4) is 0 Å². The summed E-state index contributed by atoms with van der Waals surface area (Å²) in [6.45, 7) is 1.81. The van der Waals surface area contributed by atoms with Crippen LogP contribution in [0.2, 0.25) is 0 Å². The largest absolute Gasteiger partial charge is 0.441 e. The van der Waals surface area contributed by atoms with Gasteiger partial charge in [-0.1, -0.05) is 6.07 Å². The van der Waals surface area contributed by atoms with E-state index in [4.69, 9.17) is 9.68 Å². The van der Waals surface area contributed by atoms with Gasteiger partial charge in [0.05, 0.1) is 12.5 Å². The van der Waals surface area contributed by atoms with Gasteiger partial charge in [0.25, 0.3) is 0 Å². The molecule has 0 unspecified atom stereocenters. The third kappa shape index (κ3) is 1.38. The van der Waals surface area contributed by atoms with Gasteiger partial charge in [-0.25, -0.2) is 4.98 Å². The molecule has 64 valence electrons. The maximum absolute atomic E-state index is 8.50. The van der Waals surface area contributed by atoms with Gasteiger partial charge >= 0.3 is 0 Å². The molecule has 13 heavy (non-hydrogen) atoms. The summed E-state index contributed by atoms with van der Waals surface area (Å²) >= 11 is 0. The maximum Gasteiger partial charge on any atom is 0.192 e. The Kier molecular flexibility index (Phi) is 1.75. The predicted octanol–water partition coefficient (Wildman–Crippen LogP) is 2.20. The topological polar surface area (TPSA) is 49.8 Å². The van der Waals surface area contributed by atoms with Crippen LogP contribution in [0.5, 0.6) is 0 Å². The Morgan fingerprint density at radius 2 is 2.38 bits per heavy atom. The third-order valence-electron chi connectivity index (χ3n) is 1.84. The summed E-state index contributed by atoms with van der Waals surface area (Å²) in [6.07, 6.45) is 0.412. The molecule has 0 aliphatic carbocycles. The normalized spacial score (nSPS) is 10.2. The molecule has 0 aliphatic heterocycles. The van der Waals surface area contributed by atoms with Gasteiger partial charge in [0.15, 0.2) is 11.5 Å². The maximum atomic E-state index is 8.50. The zero-order valence-corrected chi connectivity index (χ0v) is 7.24. The molecule has 0 saturated heterocycles. The molecule has 0 aliphatic rings. The minimum atomic E-state index is 0.412. The Labute approximate surface area is 75.6 Å². The van der Waals surface area contributed by atoms with Gasteiger partial charge in [-0.2, -0.15) is 5.26 Å². The van der Waals surface area contributed by atoms with Crippen LogP contribution < -0.4 is 0 Å². The van der Waals surface area contributed by atoms with Crippen LogP contribution in [0, 0.1) is 18.3 Å². The van der Waals surface area contributed by atoms with Crippen LogP contribution in [0.15, 0.2) is 22.6 Å². The van der Waals surface area contributed by atoms with Crippen molar-refractivity contribution in [3.8, 4) is 6.07 Å². The van der Waals surface area contributed by atoms with Crippen molar-refractivity contribution >= 4 is 11.1 Å². The number of aryl methyl sites for hydroxylation is 1. The lowest BCUT2D eigenvalue weighted by Gasteiger charge is -1.91. The summed E-state index contributed by atoms with van der Waals surface area (Å²) < 4.78 is 5.33. The molecule has 1 aromatic carbocycles. The molecule has 0 spiro atoms. The lowest BCUT2D eigenvalue weighted by molar-refractivity contribution is 0.561. The first kappa shape index (κ1) is 7.81. The number of benzene rings is 1. The Morgan fingerprint density at radius 3 is 3.15 bits per heavy atom. The fraction of sp³-hybridized carbons (Fsp3) is 0.200. The number of hydrogen-bond donors (Lipinski definition) is 0. The molecular weight excluding hydrogens is 164 g/mol. The summed E-state index contributed by atoms with van der Waals surface area (Å²) in [7, 11) is 0. The highest BCUT2D eigenvalue weighted by atomic mass is 16.3. The number of fused-ring (bicyclic) bond motifs is 1. The van der Waals surface area contributed by atoms with E-state index in [2.05, 4.69) is 11.1 Å². The van der Waals surface area contributed by atoms with Crippen LogP contribution in [-0.4, -0.2) is 4.98 Å². The molecule has 2 rings (SSSR count). The second-order valence-corrected chi connectivity index (χ2v) is 2.87. The monoisotopic (exact) mass is 172 g/mol. The molecule has 0 radical (unpaired) electrons. The fourth-order valence-electron chi connectivity index (χ4n) is 1.29. The van der Waals surface area contributed by atoms with E-state index in [1.807, 2.05) is 25.1 Å². The van der Waals surface area contributed by atoms with E-state index in [9.17, 15) is 0 Å². The first-order valence-electron chi connectivity index (χ1n) is 4.02. The van der Waals surface area contributed by atoms with Crippen molar-refractivity contribution in [1.29, 1.82) is 5.26 Å². The number of aromatic nitrogens is 1. The molecule has 1 heterocycles. The minimum absolute atomic E-state index is 0.412. The highest BCUT2D eigenvalue weighted by molar-refractivity contribution is 5.73. The van der Waals surface area contributed by atoms with E-state index in [0.717, 1.165) is 16.7 Å². The van der Waals surface area contributed by atoms with E-state index < -0.39 is 0 Å². The van der Waals surface area contributed by atoms with Crippen molar-refractivity contribution in [2.24, 2.45) is 0 Å². The van der Waals surface area contributed by atoms with E-state index in [1.54, 1.807) is 0 Å². The average Bonchev–Trinajstić information content (AvgIpc) is 2.44. The standard InChI is InChI=1S/C10H8N2O/c1-7-12-9-3-2-8(4-5-11)6-10(9)13-7/h2-3,6H,4H2,1H3. The molecule has 0 atom stereocenters. The smallest absolute Gasteiger partial charge is 0.192 e. The zero-order chi connectivity index (χ0) is 9.26. The molecule has 0 N–H and O–H groups in total. The van der Waals surface area contributed by atoms with Crippen molar-refractivity contribution in [2.75, 3.05) is 0 Å². The highest BCUT2D eigenvalue weighted by Gasteiger charge is 2.02. The average molecular weight is 172 g/mol. The lowest BCUT2D eigenvalue weighted by Crippen LogP contribution is -1.79. The highest BCUT2D eigenvalue weighted by Crippen LogP contribution is 2.16. The molecule has 3 nitrogen and oxygen atoms in total. The van der Waals surface area contributed by atoms with Gasteiger partial charge in [0.1, 0.15) is 5.52 Å². The zero-order valence-electron chi connectivity index (χ0n) is 7.24. The molecule has 0 fully saturated rings. The molecular formula is C10H8N2O. The molecule has 1 aromatic heterocycles. The third-order valence-corrected chi connectivity index (χ3v) is 1.84. The van der Waals surface area contributed by atoms with E-state index in [0.29, 0.717) is 12.3 Å². The first-order chi connectivity index (χ1) is 6.29. The molecule has 0 bridgehead atoms. The molecule has 3 heteroatoms. The van der Waals surface area contributed by atoms with Gasteiger partial charge in [0.2, 0.25) is 0 Å². The number of nitrogens with zero attached hydrogens (tertiary/aromatic N) is 2. The van der Waals surface area contributed by atoms with Crippen LogP contribution in [0.4, 0.5) is 0 Å². The SMILES string of the molecule is Cc1nc2ccc(CC#N)cc2o1. The van der Waals surface area contributed by atoms with Gasteiger partial charge in [-0.05, 0) is 17.7 Å². The van der Waals surface area contributed by atoms with Gasteiger partial charge in [-0.3, -0.25) is 0 Å². The van der Waals surface area contributed by atoms with Crippen LogP contribution >= 0.6 is 0 Å². The van der Waals surface area contributed by atoms with Crippen molar-refractivity contribution in [3.05, 3.63) is 29.7 Å². The fourth-order valence-corrected chi connectivity index (χ4v) is 1.29. The first-order valence-corrected chi connectivity index (χ1v) is 4.02. The quantitative estimate of drug-likeness (QED) is 0.662. The van der Waals surface area contributed by atoms with Crippen molar-refractivity contribution in [1.82, 2.24) is 4.98 Å². The minimum Gasteiger partial charge on any atom is -0.441 e. The Morgan fingerprint density at radius 1 is 1.54 bits per heavy atom. The summed E-state index contributed by atoms with van der Waals surface area (Å²) in [5, 5.41) is 8.50. The second kappa shape index (κ2) is 2.91. The van der Waals surface area contributed by atoms with Crippen LogP contribution in [0.25, 0.3) is 11.1 Å². The van der Waals surface area contributed by atoms with Crippen molar-refractivity contribution < 1.29 is 4.42 Å². The summed E-state index contributed by atoms with van der Waals surface area (Å²) in [5.41, 5.74) is 2.57. The molecule has 2 aromatic rings. The van der Waals surface area contributed by atoms with E-state index in [1.165, 1.54) is 0 Å². The molecule has 0 saturated carbocycles. The second-order valence-electron chi connectivity index (χ2n) is 2.87. The van der Waals surface area contributed by atoms with E-state index >= 15 is 0 Å². The van der Waals surface area contributed by atoms with Crippen LogP contribution in [0.1, 0.15) is 11.5 Å². The summed E-state index contributed by atoms with van der Waals surface area (Å²) in [5.74, 6) is 0.657. The molecule has 0 amide bonds. The Hall–Kier alpha value is -1.82. The van der Waals surface area contributed by atoms with Gasteiger partial charge < -0.3 is 4.42 Å². The van der Waals surface area contributed by atoms with Gasteiger partial charge in [-0.15, -0.1) is 0 Å². The Balaban J connectivity index is 2.56. The number of rotatable bonds is 1. The number of hydrogen-bond acceptors (Lipinski definition) is 3.